The topological polar surface area (TPSA) is 54.4 Å². The van der Waals surface area contributed by atoms with Gasteiger partial charge in [-0.05, 0) is 0 Å². The van der Waals surface area contributed by atoms with E-state index in [9.17, 15) is 0 Å². The summed E-state index contributed by atoms with van der Waals surface area (Å²) in [5.74, 6) is 0. The maximum atomic E-state index is 9.04. The fourth-order valence-electron chi connectivity index (χ4n) is 0. The van der Waals surface area contributed by atoms with E-state index in [-0.39, 0.29) is 0 Å². The average Bonchev–Trinajstić information content (AvgIpc) is 1.38. The van der Waals surface area contributed by atoms with E-state index in [0.29, 0.717) is 0 Å². The van der Waals surface area contributed by atoms with Crippen molar-refractivity contribution in [1.29, 1.82) is 0 Å². The molecule has 4 heteroatoms. The highest BCUT2D eigenvalue weighted by Crippen LogP contribution is 1.87. The lowest BCUT2D eigenvalue weighted by Crippen LogP contribution is -1.68. The Bertz CT molecular complexity index is 57.9. The van der Waals surface area contributed by atoms with Crippen LogP contribution in [0.15, 0.2) is 0 Å². The summed E-state index contributed by atoms with van der Waals surface area (Å²) in [6.07, 6.45) is 0. The Kier molecular flexibility index (Phi) is 1.69. The minimum atomic E-state index is -1.33. The Hall–Kier alpha value is -0.430. The Morgan fingerprint density at radius 2 is 2.00 bits per heavy atom. The summed E-state index contributed by atoms with van der Waals surface area (Å²) in [5, 5.41) is 7.40. The van der Waals surface area contributed by atoms with E-state index in [4.69, 9.17) is 14.5 Å². The largest absolute Gasteiger partial charge is 0.472 e. The molecule has 0 rings (SSSR count). The molecule has 0 aromatic carbocycles. The van der Waals surface area contributed by atoms with Gasteiger partial charge in [-0.3, -0.25) is 4.57 Å². The number of rotatable bonds is 1. The molecule has 5 heavy (non-hydrogen) atoms. The molecule has 0 aliphatic carbocycles. The molecular weight excluding hydrogens is 91.0 g/mol. The predicted molar refractivity (Wildman–Crippen MR) is 15.6 cm³/mol. The van der Waals surface area contributed by atoms with Crippen LogP contribution in [0.1, 0.15) is 0 Å². The monoisotopic (exact) mass is 92.0 g/mol. The maximum Gasteiger partial charge on any atom is 0.396 e. The Balaban J connectivity index is 3.20. The zero-order chi connectivity index (χ0) is 4.28. The molecule has 0 unspecified atom stereocenters. The van der Waals surface area contributed by atoms with E-state index in [1.54, 1.807) is 0 Å². The van der Waals surface area contributed by atoms with E-state index in [0.717, 1.165) is 0 Å². The van der Waals surface area contributed by atoms with Gasteiger partial charge in [0.1, 0.15) is 0 Å². The molecule has 0 fully saturated rings. The van der Waals surface area contributed by atoms with Crippen molar-refractivity contribution in [1.82, 2.24) is 0 Å². The summed E-state index contributed by atoms with van der Waals surface area (Å²) in [6, 6.07) is 0. The quantitative estimate of drug-likeness (QED) is 0.490. The first-order valence-corrected chi connectivity index (χ1v) is 1.65. The smallest absolute Gasteiger partial charge is 0.396 e. The van der Waals surface area contributed by atoms with Crippen LogP contribution in [-0.2, 0) is 4.57 Å². The van der Waals surface area contributed by atoms with Crippen molar-refractivity contribution >= 4 is 14.2 Å². The molecule has 0 aromatic rings. The lowest BCUT2D eigenvalue weighted by molar-refractivity contribution is 0.220. The maximum absolute atomic E-state index is 9.04. The van der Waals surface area contributed by atoms with Crippen LogP contribution in [0.25, 0.3) is 0 Å². The average molecular weight is 92.0 g/mol. The van der Waals surface area contributed by atoms with Gasteiger partial charge < -0.3 is 5.11 Å². The molecule has 0 radical (unpaired) electrons. The van der Waals surface area contributed by atoms with E-state index >= 15 is 0 Å². The van der Waals surface area contributed by atoms with E-state index in [1.807, 2.05) is 0 Å². The zero-order valence-corrected chi connectivity index (χ0v) is 3.11. The first kappa shape index (κ1) is 4.57. The molecule has 0 atom stereocenters. The molecule has 0 aromatic heterocycles. The first-order valence-electron chi connectivity index (χ1n) is 0.834. The molecule has 0 heterocycles. The van der Waals surface area contributed by atoms with Crippen LogP contribution < -0.4 is 0 Å². The fraction of sp³-hybridized carbons (Fsp3) is 0. The van der Waals surface area contributed by atoms with Gasteiger partial charge in [-0.1, -0.05) is 0 Å². The lowest BCUT2D eigenvalue weighted by Gasteiger charge is -1.57. The van der Waals surface area contributed by atoms with Crippen molar-refractivity contribution in [3.05, 3.63) is 0 Å². The minimum Gasteiger partial charge on any atom is -0.472 e. The van der Waals surface area contributed by atoms with E-state index < -0.39 is 14.2 Å². The minimum absolute atomic E-state index is 0.836. The lowest BCUT2D eigenvalue weighted by atomic mass is 11.6. The summed E-state index contributed by atoms with van der Waals surface area (Å²) in [5.41, 5.74) is -1.33. The van der Waals surface area contributed by atoms with Crippen molar-refractivity contribution < 1.29 is 14.5 Å². The number of carboxylic acid groups (broad SMARTS) is 1. The fourth-order valence-corrected chi connectivity index (χ4v) is 0. The molecule has 0 aliphatic rings. The summed E-state index contributed by atoms with van der Waals surface area (Å²) < 4.78 is 9.00. The highest BCUT2D eigenvalue weighted by Gasteiger charge is 1.83. The van der Waals surface area contributed by atoms with Gasteiger partial charge in [0.15, 0.2) is 0 Å². The van der Waals surface area contributed by atoms with Crippen LogP contribution in [0.5, 0.6) is 0 Å². The third-order valence-electron chi connectivity index (χ3n) is 0.0781. The molecule has 0 saturated carbocycles. The van der Waals surface area contributed by atoms with Crippen molar-refractivity contribution in [2.45, 2.75) is 0 Å². The van der Waals surface area contributed by atoms with Crippen LogP contribution >= 0.6 is 8.46 Å². The molecule has 0 spiro atoms. The highest BCUT2D eigenvalue weighted by molar-refractivity contribution is 7.45. The second-order valence-corrected chi connectivity index (χ2v) is 0.939. The molecule has 1 N–H and O–H groups in total. The Morgan fingerprint density at radius 3 is 2.00 bits per heavy atom. The molecular formula is CHO3P. The van der Waals surface area contributed by atoms with Gasteiger partial charge in [0, 0.05) is 0 Å². The van der Waals surface area contributed by atoms with Crippen molar-refractivity contribution in [2.24, 2.45) is 0 Å². The molecule has 0 bridgehead atoms. The van der Waals surface area contributed by atoms with Crippen LogP contribution in [0, 0.1) is 0 Å². The van der Waals surface area contributed by atoms with E-state index in [2.05, 4.69) is 0 Å². The van der Waals surface area contributed by atoms with Gasteiger partial charge in [-0.25, -0.2) is 4.79 Å². The van der Waals surface area contributed by atoms with Gasteiger partial charge in [-0.15, -0.1) is 0 Å². The standard InChI is InChI=1S/CHO3P/c2-1(3)5-4/h(H,2,3). The van der Waals surface area contributed by atoms with Crippen LogP contribution in [0.3, 0.4) is 0 Å². The van der Waals surface area contributed by atoms with Crippen molar-refractivity contribution in [2.75, 3.05) is 0 Å². The molecule has 0 amide bonds. The molecule has 3 nitrogen and oxygen atoms in total. The van der Waals surface area contributed by atoms with Gasteiger partial charge >= 0.3 is 5.71 Å². The van der Waals surface area contributed by atoms with Crippen LogP contribution in [0.2, 0.25) is 0 Å². The third kappa shape index (κ3) is 3.57. The van der Waals surface area contributed by atoms with Crippen LogP contribution in [-0.4, -0.2) is 10.8 Å². The van der Waals surface area contributed by atoms with Gasteiger partial charge in [0.2, 0.25) is 0 Å². The van der Waals surface area contributed by atoms with E-state index in [1.165, 1.54) is 0 Å². The predicted octanol–water partition coefficient (Wildman–Crippen LogP) is 0.956. The SMILES string of the molecule is O=PC(=O)O. The highest BCUT2D eigenvalue weighted by atomic mass is 31.1. The van der Waals surface area contributed by atoms with Crippen LogP contribution in [0.4, 0.5) is 4.79 Å². The van der Waals surface area contributed by atoms with Crippen molar-refractivity contribution in [3.8, 4) is 0 Å². The summed E-state index contributed by atoms with van der Waals surface area (Å²) >= 11 is 0. The first-order chi connectivity index (χ1) is 2.27. The zero-order valence-electron chi connectivity index (χ0n) is 2.21. The number of hydrogen-bond acceptors (Lipinski definition) is 2. The van der Waals surface area contributed by atoms with Gasteiger partial charge in [0.25, 0.3) is 8.46 Å². The molecule has 0 saturated heterocycles. The summed E-state index contributed by atoms with van der Waals surface area (Å²) in [7, 11) is -0.836. The number of carbonyl (C=O) groups is 1. The second-order valence-electron chi connectivity index (χ2n) is 0.374. The van der Waals surface area contributed by atoms with Crippen molar-refractivity contribution in [3.63, 3.8) is 0 Å². The summed E-state index contributed by atoms with van der Waals surface area (Å²) in [4.78, 5) is 9.04. The second kappa shape index (κ2) is 1.85. The summed E-state index contributed by atoms with van der Waals surface area (Å²) in [6.45, 7) is 0. The molecule has 28 valence electrons. The third-order valence-corrected chi connectivity index (χ3v) is 0.234. The number of hydrogen-bond donors (Lipinski definition) is 1. The van der Waals surface area contributed by atoms with Gasteiger partial charge in [-0.2, -0.15) is 0 Å². The Morgan fingerprint density at radius 1 is 1.80 bits per heavy atom. The normalized spacial score (nSPS) is 8.00. The molecule has 0 aliphatic heterocycles. The van der Waals surface area contributed by atoms with Gasteiger partial charge in [0.05, 0.1) is 0 Å². The Labute approximate surface area is 29.8 Å².